The summed E-state index contributed by atoms with van der Waals surface area (Å²) in [6.07, 6.45) is -0.160. The van der Waals surface area contributed by atoms with Crippen LogP contribution < -0.4 is 4.90 Å². The fourth-order valence-corrected chi connectivity index (χ4v) is 3.00. The summed E-state index contributed by atoms with van der Waals surface area (Å²) in [6, 6.07) is 17.8. The van der Waals surface area contributed by atoms with Crippen molar-refractivity contribution in [1.82, 2.24) is 0 Å². The highest BCUT2D eigenvalue weighted by Crippen LogP contribution is 2.62. The van der Waals surface area contributed by atoms with Crippen LogP contribution >= 0.6 is 0 Å². The zero-order valence-electron chi connectivity index (χ0n) is 10.5. The quantitative estimate of drug-likeness (QED) is 0.730. The number of carbonyl (C=O) groups is 1. The van der Waals surface area contributed by atoms with Gasteiger partial charge in [-0.15, -0.1) is 0 Å². The summed E-state index contributed by atoms with van der Waals surface area (Å²) >= 11 is 0. The molecule has 3 heteroatoms. The summed E-state index contributed by atoms with van der Waals surface area (Å²) in [5.41, 5.74) is 2.20. The Hall–Kier alpha value is -2.13. The second-order valence-corrected chi connectivity index (χ2v) is 5.03. The molecule has 0 radical (unpaired) electrons. The number of fused-ring (bicyclic) bond motifs is 2. The summed E-state index contributed by atoms with van der Waals surface area (Å²) in [5, 5.41) is 0. The van der Waals surface area contributed by atoms with Gasteiger partial charge >= 0.3 is 0 Å². The first-order valence-corrected chi connectivity index (χ1v) is 6.35. The number of rotatable bonds is 1. The maximum absolute atomic E-state index is 12.5. The molecule has 2 aliphatic rings. The minimum Gasteiger partial charge on any atom is -0.345 e. The summed E-state index contributed by atoms with van der Waals surface area (Å²) in [7, 11) is 1.81. The van der Waals surface area contributed by atoms with Gasteiger partial charge in [-0.3, -0.25) is 4.79 Å². The van der Waals surface area contributed by atoms with Gasteiger partial charge in [0.05, 0.1) is 5.69 Å². The van der Waals surface area contributed by atoms with E-state index < -0.39 is 5.60 Å². The number of nitrogens with zero attached hydrogens (tertiary/aromatic N) is 1. The maximum Gasteiger partial charge on any atom is 0.266 e. The van der Waals surface area contributed by atoms with E-state index in [9.17, 15) is 4.79 Å². The van der Waals surface area contributed by atoms with Crippen LogP contribution in [0.3, 0.4) is 0 Å². The second kappa shape index (κ2) is 3.45. The molecular formula is C16H13NO2. The fourth-order valence-electron chi connectivity index (χ4n) is 3.00. The average Bonchev–Trinajstić information content (AvgIpc) is 3.19. The van der Waals surface area contributed by atoms with Gasteiger partial charge in [0.2, 0.25) is 5.60 Å². The summed E-state index contributed by atoms with van der Waals surface area (Å²) < 4.78 is 5.87. The molecule has 2 aromatic carbocycles. The second-order valence-electron chi connectivity index (χ2n) is 5.03. The van der Waals surface area contributed by atoms with Crippen LogP contribution in [0, 0.1) is 0 Å². The molecule has 1 spiro atoms. The average molecular weight is 251 g/mol. The molecule has 0 aliphatic carbocycles. The highest BCUT2D eigenvalue weighted by molar-refractivity contribution is 6.09. The van der Waals surface area contributed by atoms with E-state index in [1.54, 1.807) is 11.9 Å². The van der Waals surface area contributed by atoms with E-state index in [-0.39, 0.29) is 12.0 Å². The van der Waals surface area contributed by atoms with Crippen molar-refractivity contribution in [2.75, 3.05) is 11.9 Å². The van der Waals surface area contributed by atoms with Crippen LogP contribution in [0.15, 0.2) is 54.6 Å². The number of hydrogen-bond donors (Lipinski definition) is 0. The minimum absolute atomic E-state index is 0.0301. The molecule has 94 valence electrons. The van der Waals surface area contributed by atoms with Crippen molar-refractivity contribution in [3.63, 3.8) is 0 Å². The summed E-state index contributed by atoms with van der Waals surface area (Å²) in [5.74, 6) is 0.0301. The van der Waals surface area contributed by atoms with Gasteiger partial charge in [-0.2, -0.15) is 0 Å². The highest BCUT2D eigenvalue weighted by Gasteiger charge is 2.69. The third-order valence-electron chi connectivity index (χ3n) is 4.01. The number of likely N-dealkylation sites (N-methyl/N-ethyl adjacent to an activating group) is 1. The lowest BCUT2D eigenvalue weighted by Crippen LogP contribution is -2.29. The number of epoxide rings is 1. The van der Waals surface area contributed by atoms with E-state index in [0.717, 1.165) is 16.8 Å². The van der Waals surface area contributed by atoms with Gasteiger partial charge < -0.3 is 9.64 Å². The van der Waals surface area contributed by atoms with Crippen molar-refractivity contribution in [1.29, 1.82) is 0 Å². The first-order chi connectivity index (χ1) is 9.25. The van der Waals surface area contributed by atoms with Gasteiger partial charge in [0.15, 0.2) is 0 Å². The van der Waals surface area contributed by atoms with E-state index >= 15 is 0 Å². The van der Waals surface area contributed by atoms with Crippen LogP contribution in [0.1, 0.15) is 17.2 Å². The van der Waals surface area contributed by atoms with E-state index in [1.807, 2.05) is 54.6 Å². The van der Waals surface area contributed by atoms with Crippen LogP contribution in [-0.4, -0.2) is 13.0 Å². The Labute approximate surface area is 111 Å². The van der Waals surface area contributed by atoms with Crippen LogP contribution in [0.25, 0.3) is 0 Å². The first-order valence-electron chi connectivity index (χ1n) is 6.35. The smallest absolute Gasteiger partial charge is 0.266 e. The lowest BCUT2D eigenvalue weighted by atomic mass is 9.93. The molecule has 0 N–H and O–H groups in total. The van der Waals surface area contributed by atoms with Crippen LogP contribution in [0.2, 0.25) is 0 Å². The molecular weight excluding hydrogens is 238 g/mol. The molecule has 1 fully saturated rings. The Balaban J connectivity index is 1.84. The van der Waals surface area contributed by atoms with E-state index in [2.05, 4.69) is 0 Å². The SMILES string of the molecule is CN1C(=O)[C@]2(O[C@@H]2c2ccccc2)c2ccccc21. The predicted octanol–water partition coefficient (Wildman–Crippen LogP) is 2.63. The number of anilines is 1. The standard InChI is InChI=1S/C16H13NO2/c1-17-13-10-6-5-9-12(13)16(15(17)18)14(19-16)11-7-3-2-4-8-11/h2-10,14H,1H3/t14-,16+/m1/s1. The van der Waals surface area contributed by atoms with Gasteiger partial charge in [0.25, 0.3) is 5.91 Å². The molecule has 2 heterocycles. The zero-order valence-corrected chi connectivity index (χ0v) is 10.5. The normalized spacial score (nSPS) is 27.7. The van der Waals surface area contributed by atoms with Crippen molar-refractivity contribution in [2.45, 2.75) is 11.7 Å². The summed E-state index contributed by atoms with van der Waals surface area (Å²) in [4.78, 5) is 14.2. The Bertz CT molecular complexity index is 667. The third kappa shape index (κ3) is 1.23. The fraction of sp³-hybridized carbons (Fsp3) is 0.188. The van der Waals surface area contributed by atoms with Crippen molar-refractivity contribution in [3.05, 3.63) is 65.7 Å². The number of benzene rings is 2. The van der Waals surface area contributed by atoms with E-state index in [0.29, 0.717) is 0 Å². The van der Waals surface area contributed by atoms with Crippen LogP contribution in [-0.2, 0) is 15.1 Å². The molecule has 19 heavy (non-hydrogen) atoms. The van der Waals surface area contributed by atoms with Gasteiger partial charge in [-0.1, -0.05) is 48.5 Å². The lowest BCUT2D eigenvalue weighted by Gasteiger charge is -2.08. The predicted molar refractivity (Wildman–Crippen MR) is 71.8 cm³/mol. The van der Waals surface area contributed by atoms with Gasteiger partial charge in [0.1, 0.15) is 6.10 Å². The van der Waals surface area contributed by atoms with E-state index in [1.165, 1.54) is 0 Å². The van der Waals surface area contributed by atoms with Crippen molar-refractivity contribution >= 4 is 11.6 Å². The van der Waals surface area contributed by atoms with Crippen molar-refractivity contribution in [2.24, 2.45) is 0 Å². The molecule has 0 unspecified atom stereocenters. The molecule has 0 saturated carbocycles. The van der Waals surface area contributed by atoms with Gasteiger partial charge in [-0.25, -0.2) is 0 Å². The summed E-state index contributed by atoms with van der Waals surface area (Å²) in [6.45, 7) is 0. The molecule has 1 amide bonds. The zero-order chi connectivity index (χ0) is 13.0. The minimum atomic E-state index is -0.785. The molecule has 2 aliphatic heterocycles. The topological polar surface area (TPSA) is 32.8 Å². The van der Waals surface area contributed by atoms with Crippen LogP contribution in [0.5, 0.6) is 0 Å². The Morgan fingerprint density at radius 1 is 1.05 bits per heavy atom. The first kappa shape index (κ1) is 10.8. The number of ether oxygens (including phenoxy) is 1. The largest absolute Gasteiger partial charge is 0.345 e. The molecule has 1 saturated heterocycles. The maximum atomic E-state index is 12.5. The van der Waals surface area contributed by atoms with Crippen molar-refractivity contribution < 1.29 is 9.53 Å². The Morgan fingerprint density at radius 2 is 1.74 bits per heavy atom. The van der Waals surface area contributed by atoms with Crippen LogP contribution in [0.4, 0.5) is 5.69 Å². The molecule has 2 aromatic rings. The molecule has 0 bridgehead atoms. The molecule has 3 nitrogen and oxygen atoms in total. The number of para-hydroxylation sites is 1. The Morgan fingerprint density at radius 3 is 2.53 bits per heavy atom. The molecule has 0 aromatic heterocycles. The monoisotopic (exact) mass is 251 g/mol. The van der Waals surface area contributed by atoms with Gasteiger partial charge in [-0.05, 0) is 11.6 Å². The van der Waals surface area contributed by atoms with Gasteiger partial charge in [0, 0.05) is 12.6 Å². The number of amides is 1. The lowest BCUT2D eigenvalue weighted by molar-refractivity contribution is -0.122. The molecule has 2 atom stereocenters. The molecule has 4 rings (SSSR count). The van der Waals surface area contributed by atoms with E-state index in [4.69, 9.17) is 4.74 Å². The Kier molecular flexibility index (Phi) is 1.96. The third-order valence-corrected chi connectivity index (χ3v) is 4.01. The number of carbonyl (C=O) groups excluding carboxylic acids is 1. The van der Waals surface area contributed by atoms with Crippen molar-refractivity contribution in [3.8, 4) is 0 Å². The highest BCUT2D eigenvalue weighted by atomic mass is 16.6. The number of hydrogen-bond acceptors (Lipinski definition) is 2.